The Bertz CT molecular complexity index is 1260. The molecule has 0 aliphatic carbocycles. The van der Waals surface area contributed by atoms with Crippen LogP contribution in [0.5, 0.6) is 5.75 Å². The third kappa shape index (κ3) is 7.75. The first-order valence-electron chi connectivity index (χ1n) is 12.6. The number of hydrogen-bond donors (Lipinski definition) is 4. The number of aromatic amines is 1. The second-order valence-electron chi connectivity index (χ2n) is 9.38. The summed E-state index contributed by atoms with van der Waals surface area (Å²) in [6, 6.07) is 16.3. The minimum Gasteiger partial charge on any atom is -0.502 e. The molecular formula is C29H34N4O4. The van der Waals surface area contributed by atoms with Crippen molar-refractivity contribution in [1.82, 2.24) is 20.2 Å². The Kier molecular flexibility index (Phi) is 9.46. The minimum atomic E-state index is -0.555. The first-order chi connectivity index (χ1) is 18.0. The predicted octanol–water partition coefficient (Wildman–Crippen LogP) is 2.00. The number of aliphatic hydroxyl groups excluding tert-OH is 1. The van der Waals surface area contributed by atoms with Crippen molar-refractivity contribution in [3.05, 3.63) is 93.2 Å². The van der Waals surface area contributed by atoms with E-state index >= 15 is 0 Å². The highest BCUT2D eigenvalue weighted by molar-refractivity contribution is 5.44. The molecule has 194 valence electrons. The SMILES string of the molecule is C[C@@H](CO)NC[C@@H](Cc1nc[nH]c(=O)c1O)c1ccc(C#Cc2ccc(CN3CCOCC3)cc2)cc1. The van der Waals surface area contributed by atoms with Crippen LogP contribution in [0.25, 0.3) is 0 Å². The Morgan fingerprint density at radius 3 is 2.38 bits per heavy atom. The molecule has 3 aromatic rings. The summed E-state index contributed by atoms with van der Waals surface area (Å²) in [4.78, 5) is 20.7. The third-order valence-corrected chi connectivity index (χ3v) is 6.53. The number of morpholine rings is 1. The number of rotatable bonds is 9. The van der Waals surface area contributed by atoms with Gasteiger partial charge in [-0.3, -0.25) is 9.69 Å². The van der Waals surface area contributed by atoms with Crippen LogP contribution in [0.2, 0.25) is 0 Å². The van der Waals surface area contributed by atoms with Gasteiger partial charge in [-0.1, -0.05) is 36.1 Å². The number of aromatic hydroxyl groups is 1. The zero-order chi connectivity index (χ0) is 26.0. The summed E-state index contributed by atoms with van der Waals surface area (Å²) in [5.74, 6) is 6.05. The van der Waals surface area contributed by atoms with E-state index in [1.165, 1.54) is 11.9 Å². The molecule has 0 bridgehead atoms. The van der Waals surface area contributed by atoms with Crippen LogP contribution in [-0.2, 0) is 17.7 Å². The van der Waals surface area contributed by atoms with Gasteiger partial charge in [-0.25, -0.2) is 4.98 Å². The highest BCUT2D eigenvalue weighted by Gasteiger charge is 2.18. The van der Waals surface area contributed by atoms with Gasteiger partial charge in [-0.15, -0.1) is 0 Å². The van der Waals surface area contributed by atoms with Gasteiger partial charge in [-0.05, 0) is 42.3 Å². The van der Waals surface area contributed by atoms with Crippen LogP contribution in [0.1, 0.15) is 40.8 Å². The van der Waals surface area contributed by atoms with Crippen molar-refractivity contribution in [2.45, 2.75) is 31.8 Å². The van der Waals surface area contributed by atoms with Crippen LogP contribution >= 0.6 is 0 Å². The number of H-pyrrole nitrogens is 1. The lowest BCUT2D eigenvalue weighted by Gasteiger charge is -2.26. The molecule has 4 rings (SSSR count). The molecule has 1 fully saturated rings. The van der Waals surface area contributed by atoms with Gasteiger partial charge in [0.15, 0.2) is 0 Å². The number of ether oxygens (including phenoxy) is 1. The molecule has 2 atom stereocenters. The Hall–Kier alpha value is -3.48. The van der Waals surface area contributed by atoms with Crippen molar-refractivity contribution >= 4 is 0 Å². The molecule has 0 spiro atoms. The van der Waals surface area contributed by atoms with E-state index in [1.54, 1.807) is 0 Å². The summed E-state index contributed by atoms with van der Waals surface area (Å²) in [5, 5.41) is 22.8. The van der Waals surface area contributed by atoms with Gasteiger partial charge in [-0.2, -0.15) is 0 Å². The number of nitrogens with one attached hydrogen (secondary N) is 2. The predicted molar refractivity (Wildman–Crippen MR) is 142 cm³/mol. The van der Waals surface area contributed by atoms with Gasteiger partial charge >= 0.3 is 0 Å². The lowest BCUT2D eigenvalue weighted by atomic mass is 9.92. The highest BCUT2D eigenvalue weighted by atomic mass is 16.5. The zero-order valence-corrected chi connectivity index (χ0v) is 21.1. The van der Waals surface area contributed by atoms with Crippen LogP contribution < -0.4 is 10.9 Å². The molecule has 0 saturated carbocycles. The standard InChI is InChI=1S/C29H34N4O4/c1-21(19-34)30-17-26(16-27-28(35)29(36)32-20-31-27)25-10-8-23(9-11-25)3-2-22-4-6-24(7-5-22)18-33-12-14-37-15-13-33/h4-11,20-21,26,30,34-35H,12-19H2,1H3,(H,31,32,36)/t21-,26+/m0/s1. The van der Waals surface area contributed by atoms with E-state index in [2.05, 4.69) is 56.3 Å². The Labute approximate surface area is 217 Å². The van der Waals surface area contributed by atoms with Crippen molar-refractivity contribution in [3.63, 3.8) is 0 Å². The molecule has 2 aromatic carbocycles. The first kappa shape index (κ1) is 26.6. The van der Waals surface area contributed by atoms with Crippen molar-refractivity contribution in [2.75, 3.05) is 39.5 Å². The molecule has 1 aromatic heterocycles. The van der Waals surface area contributed by atoms with Crippen molar-refractivity contribution in [1.29, 1.82) is 0 Å². The summed E-state index contributed by atoms with van der Waals surface area (Å²) in [5.41, 5.74) is 3.94. The number of aromatic nitrogens is 2. The fourth-order valence-electron chi connectivity index (χ4n) is 4.22. The second-order valence-corrected chi connectivity index (χ2v) is 9.38. The van der Waals surface area contributed by atoms with E-state index in [-0.39, 0.29) is 24.3 Å². The first-order valence-corrected chi connectivity index (χ1v) is 12.6. The molecule has 8 nitrogen and oxygen atoms in total. The van der Waals surface area contributed by atoms with E-state index in [1.807, 2.05) is 31.2 Å². The summed E-state index contributed by atoms with van der Waals surface area (Å²) >= 11 is 0. The van der Waals surface area contributed by atoms with Crippen LogP contribution in [0.15, 0.2) is 59.7 Å². The summed E-state index contributed by atoms with van der Waals surface area (Å²) in [7, 11) is 0. The lowest BCUT2D eigenvalue weighted by molar-refractivity contribution is 0.0342. The normalized spacial score (nSPS) is 15.5. The van der Waals surface area contributed by atoms with E-state index in [4.69, 9.17) is 4.74 Å². The maximum Gasteiger partial charge on any atom is 0.293 e. The summed E-state index contributed by atoms with van der Waals surface area (Å²) in [6.07, 6.45) is 1.68. The molecule has 0 unspecified atom stereocenters. The van der Waals surface area contributed by atoms with Crippen LogP contribution in [-0.4, -0.2) is 70.6 Å². The van der Waals surface area contributed by atoms with E-state index in [0.717, 1.165) is 49.5 Å². The number of benzene rings is 2. The molecule has 1 aliphatic heterocycles. The van der Waals surface area contributed by atoms with Gasteiger partial charge in [0.05, 0.1) is 31.8 Å². The maximum absolute atomic E-state index is 11.8. The highest BCUT2D eigenvalue weighted by Crippen LogP contribution is 2.23. The molecule has 0 amide bonds. The van der Waals surface area contributed by atoms with Gasteiger partial charge in [0.25, 0.3) is 5.56 Å². The fourth-order valence-corrected chi connectivity index (χ4v) is 4.22. The topological polar surface area (TPSA) is 111 Å². The third-order valence-electron chi connectivity index (χ3n) is 6.53. The van der Waals surface area contributed by atoms with Crippen molar-refractivity contribution < 1.29 is 14.9 Å². The Balaban J connectivity index is 1.43. The minimum absolute atomic E-state index is 0.0178. The Morgan fingerprint density at radius 1 is 1.08 bits per heavy atom. The van der Waals surface area contributed by atoms with Gasteiger partial charge in [0.2, 0.25) is 5.75 Å². The van der Waals surface area contributed by atoms with Gasteiger partial charge < -0.3 is 25.3 Å². The molecule has 37 heavy (non-hydrogen) atoms. The lowest BCUT2D eigenvalue weighted by Crippen LogP contribution is -2.35. The van der Waals surface area contributed by atoms with Crippen LogP contribution in [0.4, 0.5) is 0 Å². The van der Waals surface area contributed by atoms with Crippen molar-refractivity contribution in [3.8, 4) is 17.6 Å². The molecule has 0 radical (unpaired) electrons. The summed E-state index contributed by atoms with van der Waals surface area (Å²) in [6.45, 7) is 6.93. The fraction of sp³-hybridized carbons (Fsp3) is 0.379. The summed E-state index contributed by atoms with van der Waals surface area (Å²) < 4.78 is 5.42. The molecule has 1 aliphatic rings. The average Bonchev–Trinajstić information content (AvgIpc) is 2.93. The second kappa shape index (κ2) is 13.2. The van der Waals surface area contributed by atoms with Crippen LogP contribution in [0, 0.1) is 11.8 Å². The van der Waals surface area contributed by atoms with Crippen LogP contribution in [0.3, 0.4) is 0 Å². The molecule has 2 heterocycles. The number of hydrogen-bond acceptors (Lipinski definition) is 7. The van der Waals surface area contributed by atoms with Gasteiger partial charge in [0.1, 0.15) is 0 Å². The quantitative estimate of drug-likeness (QED) is 0.331. The molecule has 4 N–H and O–H groups in total. The molecular weight excluding hydrogens is 468 g/mol. The van der Waals surface area contributed by atoms with Crippen molar-refractivity contribution in [2.24, 2.45) is 0 Å². The zero-order valence-electron chi connectivity index (χ0n) is 21.1. The smallest absolute Gasteiger partial charge is 0.293 e. The Morgan fingerprint density at radius 2 is 1.73 bits per heavy atom. The monoisotopic (exact) mass is 502 g/mol. The van der Waals surface area contributed by atoms with E-state index < -0.39 is 5.56 Å². The number of aliphatic hydroxyl groups is 1. The largest absolute Gasteiger partial charge is 0.502 e. The van der Waals surface area contributed by atoms with E-state index in [9.17, 15) is 15.0 Å². The van der Waals surface area contributed by atoms with E-state index in [0.29, 0.717) is 18.7 Å². The molecule has 8 heteroatoms. The number of nitrogens with zero attached hydrogens (tertiary/aromatic N) is 2. The van der Waals surface area contributed by atoms with Gasteiger partial charge in [0, 0.05) is 55.7 Å². The molecule has 1 saturated heterocycles. The maximum atomic E-state index is 11.8. The average molecular weight is 503 g/mol.